The van der Waals surface area contributed by atoms with Gasteiger partial charge in [0.1, 0.15) is 28.2 Å². The first kappa shape index (κ1) is 17.4. The number of nitrogen functional groups attached to an aromatic ring is 1. The Morgan fingerprint density at radius 2 is 2.22 bits per heavy atom. The van der Waals surface area contributed by atoms with Crippen LogP contribution in [0.25, 0.3) is 10.2 Å². The van der Waals surface area contributed by atoms with E-state index in [4.69, 9.17) is 5.73 Å². The lowest BCUT2D eigenvalue weighted by atomic mass is 9.92. The maximum absolute atomic E-state index is 14.3. The van der Waals surface area contributed by atoms with E-state index in [-0.39, 0.29) is 11.4 Å². The van der Waals surface area contributed by atoms with Crippen molar-refractivity contribution in [3.05, 3.63) is 24.4 Å². The highest BCUT2D eigenvalue weighted by atomic mass is 32.1. The van der Waals surface area contributed by atoms with E-state index in [1.807, 2.05) is 0 Å². The van der Waals surface area contributed by atoms with Crippen LogP contribution < -0.4 is 16.0 Å². The second-order valence-corrected chi connectivity index (χ2v) is 7.63. The molecule has 0 bridgehead atoms. The average Bonchev–Trinajstić information content (AvgIpc) is 3.10. The highest BCUT2D eigenvalue weighted by Crippen LogP contribution is 2.37. The Kier molecular flexibility index (Phi) is 4.45. The van der Waals surface area contributed by atoms with Gasteiger partial charge in [-0.2, -0.15) is 5.26 Å². The van der Waals surface area contributed by atoms with E-state index in [0.717, 1.165) is 19.2 Å². The molecule has 0 saturated carbocycles. The van der Waals surface area contributed by atoms with Gasteiger partial charge in [0.25, 0.3) is 0 Å². The highest BCUT2D eigenvalue weighted by molar-refractivity contribution is 7.22. The number of rotatable bonds is 3. The Balaban J connectivity index is 1.71. The van der Waals surface area contributed by atoms with Crippen molar-refractivity contribution in [3.8, 4) is 6.07 Å². The molecule has 3 N–H and O–H groups in total. The summed E-state index contributed by atoms with van der Waals surface area (Å²) in [6.07, 6.45) is 3.35. The van der Waals surface area contributed by atoms with E-state index in [1.54, 1.807) is 6.07 Å². The van der Waals surface area contributed by atoms with Crippen LogP contribution in [0.15, 0.2) is 18.6 Å². The molecule has 1 aliphatic rings. The van der Waals surface area contributed by atoms with Crippen molar-refractivity contribution in [1.82, 2.24) is 19.9 Å². The van der Waals surface area contributed by atoms with Gasteiger partial charge in [-0.1, -0.05) is 18.3 Å². The topological polar surface area (TPSA) is 117 Å². The van der Waals surface area contributed by atoms with Crippen LogP contribution in [0.3, 0.4) is 0 Å². The van der Waals surface area contributed by atoms with Crippen molar-refractivity contribution in [2.75, 3.05) is 29.0 Å². The third kappa shape index (κ3) is 3.46. The van der Waals surface area contributed by atoms with Crippen molar-refractivity contribution in [3.63, 3.8) is 0 Å². The van der Waals surface area contributed by atoms with Crippen molar-refractivity contribution in [2.45, 2.75) is 13.3 Å². The van der Waals surface area contributed by atoms with Gasteiger partial charge < -0.3 is 16.0 Å². The Morgan fingerprint density at radius 1 is 1.37 bits per heavy atom. The van der Waals surface area contributed by atoms with Gasteiger partial charge in [0.2, 0.25) is 0 Å². The van der Waals surface area contributed by atoms with Crippen LogP contribution in [0, 0.1) is 29.0 Å². The molecule has 0 aliphatic carbocycles. The number of thiazole rings is 1. The predicted molar refractivity (Wildman–Crippen MR) is 102 cm³/mol. The van der Waals surface area contributed by atoms with Crippen LogP contribution in [-0.2, 0) is 0 Å². The molecule has 3 aromatic rings. The fourth-order valence-corrected chi connectivity index (χ4v) is 4.30. The normalized spacial score (nSPS) is 19.8. The first-order chi connectivity index (χ1) is 13.0. The summed E-state index contributed by atoms with van der Waals surface area (Å²) in [5.74, 6) is 1.08. The largest absolute Gasteiger partial charge is 0.384 e. The molecule has 1 saturated heterocycles. The molecule has 10 heteroatoms. The molecule has 0 spiro atoms. The van der Waals surface area contributed by atoms with Crippen molar-refractivity contribution < 1.29 is 4.39 Å². The summed E-state index contributed by atoms with van der Waals surface area (Å²) in [7, 11) is 0. The maximum Gasteiger partial charge on any atom is 0.186 e. The van der Waals surface area contributed by atoms with Gasteiger partial charge in [-0.3, -0.25) is 0 Å². The molecule has 0 radical (unpaired) electrons. The van der Waals surface area contributed by atoms with Gasteiger partial charge in [-0.25, -0.2) is 24.3 Å². The molecular formula is C17H17FN8S. The number of piperidine rings is 1. The fourth-order valence-electron chi connectivity index (χ4n) is 3.26. The molecule has 0 amide bonds. The van der Waals surface area contributed by atoms with Gasteiger partial charge >= 0.3 is 0 Å². The van der Waals surface area contributed by atoms with Gasteiger partial charge in [-0.15, -0.1) is 0 Å². The zero-order chi connectivity index (χ0) is 19.0. The van der Waals surface area contributed by atoms with Crippen LogP contribution in [0.1, 0.15) is 13.3 Å². The van der Waals surface area contributed by atoms with E-state index < -0.39 is 5.82 Å². The second-order valence-electron chi connectivity index (χ2n) is 6.65. The summed E-state index contributed by atoms with van der Waals surface area (Å²) in [5.41, 5.74) is 5.93. The van der Waals surface area contributed by atoms with Crippen LogP contribution >= 0.6 is 11.3 Å². The fraction of sp³-hybridized carbons (Fsp3) is 0.353. The average molecular weight is 384 g/mol. The number of anilines is 4. The molecule has 0 aromatic carbocycles. The molecule has 138 valence electrons. The minimum absolute atomic E-state index is 0.0506. The number of hydrogen-bond donors (Lipinski definition) is 2. The number of nitrogens with two attached hydrogens (primary N) is 1. The Morgan fingerprint density at radius 3 is 3.00 bits per heavy atom. The molecule has 1 fully saturated rings. The van der Waals surface area contributed by atoms with Gasteiger partial charge in [-0.05, 0) is 12.3 Å². The number of nitrogens with one attached hydrogen (secondary N) is 1. The summed E-state index contributed by atoms with van der Waals surface area (Å²) in [5, 5.41) is 13.0. The zero-order valence-corrected chi connectivity index (χ0v) is 15.4. The minimum atomic E-state index is -0.484. The molecule has 27 heavy (non-hydrogen) atoms. The number of aromatic nitrogens is 4. The highest BCUT2D eigenvalue weighted by Gasteiger charge is 2.27. The second kappa shape index (κ2) is 6.92. The SMILES string of the molecule is C[C@@H]1CC(C#N)CN(c2nc3c(F)cnc(Nc4cc(N)ncn4)c3s2)C1. The number of halogens is 1. The summed E-state index contributed by atoms with van der Waals surface area (Å²) in [6, 6.07) is 3.91. The zero-order valence-electron chi connectivity index (χ0n) is 14.6. The molecule has 3 aromatic heterocycles. The monoisotopic (exact) mass is 384 g/mol. The lowest BCUT2D eigenvalue weighted by molar-refractivity contribution is 0.389. The summed E-state index contributed by atoms with van der Waals surface area (Å²) in [4.78, 5) is 18.6. The van der Waals surface area contributed by atoms with Gasteiger partial charge in [0.05, 0.1) is 18.2 Å². The lowest BCUT2D eigenvalue weighted by Gasteiger charge is -2.33. The summed E-state index contributed by atoms with van der Waals surface area (Å²) < 4.78 is 14.9. The quantitative estimate of drug-likeness (QED) is 0.708. The standard InChI is InChI=1S/C17H17FN8S/c1-9-2-10(4-19)7-26(6-9)17-25-14-11(18)5-21-16(15(14)27-17)24-13-3-12(20)22-8-23-13/h3,5,8-10H,2,6-7H2,1H3,(H3,20,21,22,23,24)/t9-,10?/m1/s1. The summed E-state index contributed by atoms with van der Waals surface area (Å²) >= 11 is 1.35. The number of pyridine rings is 1. The maximum atomic E-state index is 14.3. The van der Waals surface area contributed by atoms with Gasteiger partial charge in [0.15, 0.2) is 16.8 Å². The minimum Gasteiger partial charge on any atom is -0.384 e. The third-order valence-electron chi connectivity index (χ3n) is 4.41. The molecule has 2 atom stereocenters. The summed E-state index contributed by atoms with van der Waals surface area (Å²) in [6.45, 7) is 3.50. The molecule has 8 nitrogen and oxygen atoms in total. The van der Waals surface area contributed by atoms with Crippen LogP contribution in [0.4, 0.5) is 27.0 Å². The van der Waals surface area contributed by atoms with Crippen molar-refractivity contribution in [1.29, 1.82) is 5.26 Å². The Bertz CT molecular complexity index is 1030. The van der Waals surface area contributed by atoms with Gasteiger partial charge in [0, 0.05) is 19.2 Å². The first-order valence-corrected chi connectivity index (χ1v) is 9.29. The lowest BCUT2D eigenvalue weighted by Crippen LogP contribution is -2.39. The first-order valence-electron chi connectivity index (χ1n) is 8.47. The smallest absolute Gasteiger partial charge is 0.186 e. The number of nitrogens with zero attached hydrogens (tertiary/aromatic N) is 6. The van der Waals surface area contributed by atoms with Crippen LogP contribution in [0.2, 0.25) is 0 Å². The van der Waals surface area contributed by atoms with E-state index in [9.17, 15) is 9.65 Å². The molecule has 1 aliphatic heterocycles. The van der Waals surface area contributed by atoms with Crippen molar-refractivity contribution in [2.24, 2.45) is 11.8 Å². The van der Waals surface area contributed by atoms with E-state index >= 15 is 0 Å². The molecule has 4 heterocycles. The Hall–Kier alpha value is -3.06. The Labute approximate surface area is 158 Å². The molecule has 4 rings (SSSR count). The number of nitriles is 1. The van der Waals surface area contributed by atoms with Crippen LogP contribution in [-0.4, -0.2) is 33.0 Å². The van der Waals surface area contributed by atoms with E-state index in [2.05, 4.69) is 43.1 Å². The molecular weight excluding hydrogens is 367 g/mol. The van der Waals surface area contributed by atoms with Crippen molar-refractivity contribution >= 4 is 44.1 Å². The number of hydrogen-bond acceptors (Lipinski definition) is 9. The third-order valence-corrected chi connectivity index (χ3v) is 5.53. The molecule has 1 unspecified atom stereocenters. The predicted octanol–water partition coefficient (Wildman–Crippen LogP) is 2.93. The van der Waals surface area contributed by atoms with E-state index in [0.29, 0.717) is 39.7 Å². The number of fused-ring (bicyclic) bond motifs is 1. The van der Waals surface area contributed by atoms with Crippen LogP contribution in [0.5, 0.6) is 0 Å². The van der Waals surface area contributed by atoms with E-state index in [1.165, 1.54) is 17.7 Å².